The molecule has 0 saturated heterocycles. The molecule has 0 bridgehead atoms. The molecule has 0 aliphatic carbocycles. The third-order valence-electron chi connectivity index (χ3n) is 1.90. The van der Waals surface area contributed by atoms with E-state index in [2.05, 4.69) is 24.0 Å². The summed E-state index contributed by atoms with van der Waals surface area (Å²) < 4.78 is 0. The van der Waals surface area contributed by atoms with Crippen molar-refractivity contribution in [3.8, 4) is 11.1 Å². The van der Waals surface area contributed by atoms with Crippen molar-refractivity contribution in [2.45, 2.75) is 0 Å². The van der Waals surface area contributed by atoms with Gasteiger partial charge in [-0.05, 0) is 24.1 Å². The van der Waals surface area contributed by atoms with Gasteiger partial charge >= 0.3 is 0 Å². The summed E-state index contributed by atoms with van der Waals surface area (Å²) in [6, 6.07) is 12.2. The van der Waals surface area contributed by atoms with Gasteiger partial charge in [0.25, 0.3) is 0 Å². The number of rotatable bonds is 1. The van der Waals surface area contributed by atoms with Crippen LogP contribution < -0.4 is 0 Å². The second kappa shape index (κ2) is 3.40. The molecule has 0 unspecified atom stereocenters. The van der Waals surface area contributed by atoms with Crippen LogP contribution in [-0.2, 0) is 0 Å². The summed E-state index contributed by atoms with van der Waals surface area (Å²) in [4.78, 5) is 4.10. The molecule has 1 aromatic heterocycles. The Morgan fingerprint density at radius 1 is 0.923 bits per heavy atom. The number of benzene rings is 1. The van der Waals surface area contributed by atoms with E-state index in [0.29, 0.717) is 0 Å². The first-order valence-corrected chi connectivity index (χ1v) is 4.19. The molecule has 2 aromatic rings. The highest BCUT2D eigenvalue weighted by Crippen LogP contribution is 2.17. The molecule has 1 nitrogen and oxygen atoms in total. The van der Waals surface area contributed by atoms with Crippen LogP contribution in [0.5, 0.6) is 0 Å². The summed E-state index contributed by atoms with van der Waals surface area (Å²) in [6.45, 7) is 3.84. The zero-order chi connectivity index (χ0) is 9.10. The highest BCUT2D eigenvalue weighted by Gasteiger charge is 1.95. The smallest absolute Gasteiger partial charge is 0.0346 e. The largest absolute Gasteiger partial charge is 0.264 e. The van der Waals surface area contributed by atoms with E-state index in [-0.39, 0.29) is 0 Å². The Morgan fingerprint density at radius 3 is 2.38 bits per heavy atom. The van der Waals surface area contributed by atoms with Gasteiger partial charge in [0.2, 0.25) is 0 Å². The molecular formula is C12H10N. The van der Waals surface area contributed by atoms with E-state index in [0.717, 1.165) is 11.1 Å². The molecule has 1 aromatic carbocycles. The van der Waals surface area contributed by atoms with E-state index >= 15 is 0 Å². The molecule has 0 atom stereocenters. The quantitative estimate of drug-likeness (QED) is 0.638. The number of hydrogen-bond acceptors (Lipinski definition) is 1. The summed E-state index contributed by atoms with van der Waals surface area (Å²) in [5.74, 6) is 0. The summed E-state index contributed by atoms with van der Waals surface area (Å²) in [5, 5.41) is 0. The molecule has 63 valence electrons. The van der Waals surface area contributed by atoms with E-state index in [9.17, 15) is 0 Å². The van der Waals surface area contributed by atoms with Crippen molar-refractivity contribution in [1.29, 1.82) is 0 Å². The maximum absolute atomic E-state index is 4.10. The first-order valence-electron chi connectivity index (χ1n) is 4.19. The van der Waals surface area contributed by atoms with Crippen molar-refractivity contribution in [3.63, 3.8) is 0 Å². The minimum absolute atomic E-state index is 0.946. The Hall–Kier alpha value is -1.63. The maximum Gasteiger partial charge on any atom is 0.0346 e. The third-order valence-corrected chi connectivity index (χ3v) is 1.90. The van der Waals surface area contributed by atoms with Gasteiger partial charge in [0.1, 0.15) is 0 Å². The third kappa shape index (κ3) is 1.75. The van der Waals surface area contributed by atoms with E-state index in [4.69, 9.17) is 0 Å². The van der Waals surface area contributed by atoms with Gasteiger partial charge in [-0.25, -0.2) is 0 Å². The van der Waals surface area contributed by atoms with E-state index in [1.165, 1.54) is 5.56 Å². The van der Waals surface area contributed by atoms with Gasteiger partial charge in [-0.15, -0.1) is 0 Å². The van der Waals surface area contributed by atoms with Gasteiger partial charge < -0.3 is 0 Å². The van der Waals surface area contributed by atoms with Gasteiger partial charge in [0, 0.05) is 18.0 Å². The zero-order valence-corrected chi connectivity index (χ0v) is 7.27. The zero-order valence-electron chi connectivity index (χ0n) is 7.27. The van der Waals surface area contributed by atoms with Gasteiger partial charge in [-0.2, -0.15) is 0 Å². The van der Waals surface area contributed by atoms with Crippen LogP contribution in [0.1, 0.15) is 5.56 Å². The Kier molecular flexibility index (Phi) is 2.09. The standard InChI is InChI=1S/C12H10N/c1-10-7-12(9-13-8-10)11-5-3-2-4-6-11/h2-9H,1H2. The summed E-state index contributed by atoms with van der Waals surface area (Å²) in [5.41, 5.74) is 3.25. The first-order chi connectivity index (χ1) is 6.36. The van der Waals surface area contributed by atoms with Crippen molar-refractivity contribution < 1.29 is 0 Å². The maximum atomic E-state index is 4.10. The monoisotopic (exact) mass is 168 g/mol. The Bertz CT molecular complexity index is 393. The normalized spacial score (nSPS) is 9.92. The second-order valence-corrected chi connectivity index (χ2v) is 2.95. The van der Waals surface area contributed by atoms with Crippen molar-refractivity contribution in [2.75, 3.05) is 0 Å². The molecule has 0 aliphatic heterocycles. The van der Waals surface area contributed by atoms with Crippen LogP contribution in [0.15, 0.2) is 48.8 Å². The van der Waals surface area contributed by atoms with E-state index < -0.39 is 0 Å². The van der Waals surface area contributed by atoms with Crippen molar-refractivity contribution >= 4 is 0 Å². The fraction of sp³-hybridized carbons (Fsp3) is 0. The van der Waals surface area contributed by atoms with Crippen LogP contribution in [-0.4, -0.2) is 4.98 Å². The van der Waals surface area contributed by atoms with Gasteiger partial charge in [-0.1, -0.05) is 30.3 Å². The second-order valence-electron chi connectivity index (χ2n) is 2.95. The fourth-order valence-electron chi connectivity index (χ4n) is 1.28. The highest BCUT2D eigenvalue weighted by molar-refractivity contribution is 5.62. The minimum atomic E-state index is 0.946. The number of pyridine rings is 1. The van der Waals surface area contributed by atoms with Crippen molar-refractivity contribution in [3.05, 3.63) is 61.3 Å². The Morgan fingerprint density at radius 2 is 1.69 bits per heavy atom. The van der Waals surface area contributed by atoms with Gasteiger partial charge in [0.15, 0.2) is 0 Å². The summed E-state index contributed by atoms with van der Waals surface area (Å²) >= 11 is 0. The summed E-state index contributed by atoms with van der Waals surface area (Å²) in [7, 11) is 0. The molecule has 0 fully saturated rings. The predicted molar refractivity (Wildman–Crippen MR) is 54.1 cm³/mol. The van der Waals surface area contributed by atoms with Crippen LogP contribution in [0.25, 0.3) is 11.1 Å². The molecule has 1 radical (unpaired) electrons. The molecule has 0 N–H and O–H groups in total. The minimum Gasteiger partial charge on any atom is -0.264 e. The van der Waals surface area contributed by atoms with Crippen LogP contribution in [0.3, 0.4) is 0 Å². The lowest BCUT2D eigenvalue weighted by Crippen LogP contribution is -1.81. The molecule has 1 heteroatoms. The molecule has 0 spiro atoms. The number of aromatic nitrogens is 1. The fourth-order valence-corrected chi connectivity index (χ4v) is 1.28. The summed E-state index contributed by atoms with van der Waals surface area (Å²) in [6.07, 6.45) is 3.61. The number of hydrogen-bond donors (Lipinski definition) is 0. The number of nitrogens with zero attached hydrogens (tertiary/aromatic N) is 1. The Labute approximate surface area is 78.1 Å². The molecule has 1 heterocycles. The average Bonchev–Trinajstić information content (AvgIpc) is 2.19. The van der Waals surface area contributed by atoms with Gasteiger partial charge in [-0.3, -0.25) is 4.98 Å². The predicted octanol–water partition coefficient (Wildman–Crippen LogP) is 2.93. The molecule has 13 heavy (non-hydrogen) atoms. The van der Waals surface area contributed by atoms with Crippen molar-refractivity contribution in [2.24, 2.45) is 0 Å². The van der Waals surface area contributed by atoms with Crippen LogP contribution in [0, 0.1) is 6.92 Å². The lowest BCUT2D eigenvalue weighted by Gasteiger charge is -2.00. The molecule has 0 amide bonds. The molecule has 2 rings (SSSR count). The van der Waals surface area contributed by atoms with Crippen LogP contribution in [0.2, 0.25) is 0 Å². The van der Waals surface area contributed by atoms with Crippen LogP contribution >= 0.6 is 0 Å². The molecule has 0 aliphatic rings. The van der Waals surface area contributed by atoms with Crippen molar-refractivity contribution in [1.82, 2.24) is 4.98 Å². The SMILES string of the molecule is [CH2]c1cncc(-c2ccccc2)c1. The van der Waals surface area contributed by atoms with Gasteiger partial charge in [0.05, 0.1) is 0 Å². The molecular weight excluding hydrogens is 158 g/mol. The average molecular weight is 168 g/mol. The topological polar surface area (TPSA) is 12.9 Å². The lowest BCUT2D eigenvalue weighted by molar-refractivity contribution is 1.30. The lowest BCUT2D eigenvalue weighted by atomic mass is 10.1. The Balaban J connectivity index is 2.48. The van der Waals surface area contributed by atoms with E-state index in [1.54, 1.807) is 6.20 Å². The first kappa shape index (κ1) is 7.99. The van der Waals surface area contributed by atoms with Crippen LogP contribution in [0.4, 0.5) is 0 Å². The highest BCUT2D eigenvalue weighted by atomic mass is 14.6. The molecule has 0 saturated carbocycles. The van der Waals surface area contributed by atoms with E-state index in [1.807, 2.05) is 30.5 Å².